The molecule has 0 N–H and O–H groups in total. The van der Waals surface area contributed by atoms with Crippen LogP contribution in [0.5, 0.6) is 5.88 Å². The van der Waals surface area contributed by atoms with Crippen molar-refractivity contribution in [2.75, 3.05) is 13.1 Å². The van der Waals surface area contributed by atoms with Crippen LogP contribution in [-0.2, 0) is 6.18 Å². The van der Waals surface area contributed by atoms with Gasteiger partial charge in [0.2, 0.25) is 5.88 Å². The maximum Gasteiger partial charge on any atom is 0.416 e. The summed E-state index contributed by atoms with van der Waals surface area (Å²) >= 11 is 6.01. The van der Waals surface area contributed by atoms with E-state index in [9.17, 15) is 18.0 Å². The summed E-state index contributed by atoms with van der Waals surface area (Å²) in [5, 5.41) is 0.412. The summed E-state index contributed by atoms with van der Waals surface area (Å²) in [7, 11) is 0. The number of piperidine rings is 1. The molecule has 3 rings (SSSR count). The fraction of sp³-hybridized carbons (Fsp3) is 0.333. The SMILES string of the molecule is O=C(c1cccc(C(F)(F)F)c1)N1CCC(Oc2ncccc2Cl)CC1. The minimum absolute atomic E-state index is 0.0342. The van der Waals surface area contributed by atoms with Crippen LogP contribution in [0.25, 0.3) is 0 Å². The van der Waals surface area contributed by atoms with E-state index in [1.54, 1.807) is 18.3 Å². The van der Waals surface area contributed by atoms with Gasteiger partial charge in [0.1, 0.15) is 11.1 Å². The van der Waals surface area contributed by atoms with Gasteiger partial charge in [-0.25, -0.2) is 4.98 Å². The number of alkyl halides is 3. The van der Waals surface area contributed by atoms with Crippen LogP contribution in [0.15, 0.2) is 42.6 Å². The summed E-state index contributed by atoms with van der Waals surface area (Å²) in [4.78, 5) is 18.1. The van der Waals surface area contributed by atoms with Gasteiger partial charge in [0.15, 0.2) is 0 Å². The van der Waals surface area contributed by atoms with Crippen LogP contribution in [0.3, 0.4) is 0 Å². The molecule has 8 heteroatoms. The Hall–Kier alpha value is -2.28. The second-order valence-electron chi connectivity index (χ2n) is 5.98. The summed E-state index contributed by atoms with van der Waals surface area (Å²) < 4.78 is 44.2. The third-order valence-electron chi connectivity index (χ3n) is 4.17. The number of hydrogen-bond acceptors (Lipinski definition) is 3. The predicted octanol–water partition coefficient (Wildman–Crippen LogP) is 4.44. The highest BCUT2D eigenvalue weighted by atomic mass is 35.5. The highest BCUT2D eigenvalue weighted by molar-refractivity contribution is 6.31. The molecule has 1 aliphatic heterocycles. The Morgan fingerprint density at radius 3 is 2.58 bits per heavy atom. The fourth-order valence-corrected chi connectivity index (χ4v) is 2.97. The maximum absolute atomic E-state index is 12.8. The quantitative estimate of drug-likeness (QED) is 0.785. The van der Waals surface area contributed by atoms with E-state index in [-0.39, 0.29) is 11.7 Å². The van der Waals surface area contributed by atoms with Crippen LogP contribution >= 0.6 is 11.6 Å². The molecule has 1 aromatic heterocycles. The van der Waals surface area contributed by atoms with Crippen LogP contribution in [0, 0.1) is 0 Å². The first kappa shape index (κ1) is 18.5. The molecule has 0 radical (unpaired) electrons. The molecule has 0 aliphatic carbocycles. The molecule has 1 aliphatic rings. The van der Waals surface area contributed by atoms with Crippen LogP contribution in [0.4, 0.5) is 13.2 Å². The lowest BCUT2D eigenvalue weighted by Gasteiger charge is -2.32. The van der Waals surface area contributed by atoms with Crippen molar-refractivity contribution in [3.63, 3.8) is 0 Å². The number of pyridine rings is 1. The molecule has 0 saturated carbocycles. The van der Waals surface area contributed by atoms with Gasteiger partial charge in [-0.1, -0.05) is 17.7 Å². The minimum Gasteiger partial charge on any atom is -0.473 e. The molecule has 2 aromatic rings. The number of rotatable bonds is 3. The van der Waals surface area contributed by atoms with Gasteiger partial charge >= 0.3 is 6.18 Å². The second kappa shape index (κ2) is 7.53. The molecule has 1 amide bonds. The van der Waals surface area contributed by atoms with Gasteiger partial charge in [0.25, 0.3) is 5.91 Å². The number of carbonyl (C=O) groups is 1. The number of likely N-dealkylation sites (tertiary alicyclic amines) is 1. The molecule has 1 aromatic carbocycles. The van der Waals surface area contributed by atoms with E-state index in [1.165, 1.54) is 17.0 Å². The van der Waals surface area contributed by atoms with Crippen molar-refractivity contribution in [3.8, 4) is 5.88 Å². The highest BCUT2D eigenvalue weighted by Crippen LogP contribution is 2.30. The number of benzene rings is 1. The predicted molar refractivity (Wildman–Crippen MR) is 90.2 cm³/mol. The number of ether oxygens (including phenoxy) is 1. The third kappa shape index (κ3) is 4.27. The average Bonchev–Trinajstić information content (AvgIpc) is 2.63. The molecule has 0 atom stereocenters. The number of aromatic nitrogens is 1. The van der Waals surface area contributed by atoms with Gasteiger partial charge in [0, 0.05) is 37.7 Å². The lowest BCUT2D eigenvalue weighted by molar-refractivity contribution is -0.137. The molecule has 0 unspecified atom stereocenters. The van der Waals surface area contributed by atoms with E-state index in [0.29, 0.717) is 36.8 Å². The van der Waals surface area contributed by atoms with E-state index in [1.807, 2.05) is 0 Å². The van der Waals surface area contributed by atoms with Gasteiger partial charge in [-0.05, 0) is 30.3 Å². The first-order chi connectivity index (χ1) is 12.3. The van der Waals surface area contributed by atoms with E-state index in [4.69, 9.17) is 16.3 Å². The van der Waals surface area contributed by atoms with Gasteiger partial charge in [-0.15, -0.1) is 0 Å². The zero-order chi connectivity index (χ0) is 18.7. The topological polar surface area (TPSA) is 42.4 Å². The zero-order valence-corrected chi connectivity index (χ0v) is 14.4. The Balaban J connectivity index is 1.61. The number of hydrogen-bond donors (Lipinski definition) is 0. The lowest BCUT2D eigenvalue weighted by atomic mass is 10.0. The molecule has 1 fully saturated rings. The van der Waals surface area contributed by atoms with Crippen molar-refractivity contribution in [1.82, 2.24) is 9.88 Å². The standard InChI is InChI=1S/C18H16ClF3N2O2/c19-15-5-2-8-23-16(15)26-14-6-9-24(10-7-14)17(25)12-3-1-4-13(11-12)18(20,21)22/h1-5,8,11,14H,6-7,9-10H2. The summed E-state index contributed by atoms with van der Waals surface area (Å²) in [5.41, 5.74) is -0.793. The minimum atomic E-state index is -4.47. The number of nitrogens with zero attached hydrogens (tertiary/aromatic N) is 2. The number of amides is 1. The Morgan fingerprint density at radius 1 is 1.19 bits per heavy atom. The monoisotopic (exact) mass is 384 g/mol. The van der Waals surface area contributed by atoms with Crippen molar-refractivity contribution < 1.29 is 22.7 Å². The molecule has 1 saturated heterocycles. The summed E-state index contributed by atoms with van der Waals surface area (Å²) in [5.74, 6) is -0.0674. The first-order valence-corrected chi connectivity index (χ1v) is 8.46. The van der Waals surface area contributed by atoms with Crippen LogP contribution < -0.4 is 4.74 Å². The molecule has 138 valence electrons. The van der Waals surface area contributed by atoms with Crippen molar-refractivity contribution in [3.05, 3.63) is 58.7 Å². The Kier molecular flexibility index (Phi) is 5.36. The van der Waals surface area contributed by atoms with Gasteiger partial charge < -0.3 is 9.64 Å². The van der Waals surface area contributed by atoms with Gasteiger partial charge in [0.05, 0.1) is 5.56 Å². The lowest BCUT2D eigenvalue weighted by Crippen LogP contribution is -2.42. The average molecular weight is 385 g/mol. The van der Waals surface area contributed by atoms with E-state index in [0.717, 1.165) is 12.1 Å². The van der Waals surface area contributed by atoms with Crippen LogP contribution in [0.2, 0.25) is 5.02 Å². The third-order valence-corrected chi connectivity index (χ3v) is 4.46. The highest BCUT2D eigenvalue weighted by Gasteiger charge is 2.32. The molecule has 0 spiro atoms. The van der Waals surface area contributed by atoms with Crippen LogP contribution in [-0.4, -0.2) is 35.0 Å². The van der Waals surface area contributed by atoms with Gasteiger partial charge in [-0.2, -0.15) is 13.2 Å². The number of halogens is 4. The second-order valence-corrected chi connectivity index (χ2v) is 6.39. The summed E-state index contributed by atoms with van der Waals surface area (Å²) in [6, 6.07) is 7.86. The van der Waals surface area contributed by atoms with E-state index >= 15 is 0 Å². The van der Waals surface area contributed by atoms with E-state index < -0.39 is 17.6 Å². The maximum atomic E-state index is 12.8. The number of carbonyl (C=O) groups excluding carboxylic acids is 1. The zero-order valence-electron chi connectivity index (χ0n) is 13.7. The molecule has 0 bridgehead atoms. The molecule has 4 nitrogen and oxygen atoms in total. The normalized spacial score (nSPS) is 15.8. The first-order valence-electron chi connectivity index (χ1n) is 8.08. The molecule has 2 heterocycles. The smallest absolute Gasteiger partial charge is 0.416 e. The summed E-state index contributed by atoms with van der Waals surface area (Å²) in [6.07, 6.45) is -1.94. The fourth-order valence-electron chi connectivity index (χ4n) is 2.80. The summed E-state index contributed by atoms with van der Waals surface area (Å²) in [6.45, 7) is 0.786. The largest absolute Gasteiger partial charge is 0.473 e. The Morgan fingerprint density at radius 2 is 1.92 bits per heavy atom. The van der Waals surface area contributed by atoms with Crippen LogP contribution in [0.1, 0.15) is 28.8 Å². The van der Waals surface area contributed by atoms with Crippen molar-refractivity contribution in [2.45, 2.75) is 25.1 Å². The molecular weight excluding hydrogens is 369 g/mol. The Labute approximate surface area is 153 Å². The van der Waals surface area contributed by atoms with Crippen molar-refractivity contribution in [2.24, 2.45) is 0 Å². The van der Waals surface area contributed by atoms with E-state index in [2.05, 4.69) is 4.98 Å². The van der Waals surface area contributed by atoms with Gasteiger partial charge in [-0.3, -0.25) is 4.79 Å². The van der Waals surface area contributed by atoms with Crippen molar-refractivity contribution in [1.29, 1.82) is 0 Å². The molecule has 26 heavy (non-hydrogen) atoms. The van der Waals surface area contributed by atoms with Crippen molar-refractivity contribution >= 4 is 17.5 Å². The Bertz CT molecular complexity index is 790. The molecular formula is C18H16ClF3N2O2.